The first-order valence-corrected chi connectivity index (χ1v) is 8.87. The van der Waals surface area contributed by atoms with Gasteiger partial charge >= 0.3 is 0 Å². The Morgan fingerprint density at radius 3 is 2.92 bits per heavy atom. The normalized spacial score (nSPS) is 10.7. The molecule has 2 N–H and O–H groups in total. The van der Waals surface area contributed by atoms with E-state index in [2.05, 4.69) is 20.8 Å². The van der Waals surface area contributed by atoms with Crippen molar-refractivity contribution in [2.45, 2.75) is 26.6 Å². The van der Waals surface area contributed by atoms with E-state index in [-0.39, 0.29) is 12.4 Å². The lowest BCUT2D eigenvalue weighted by atomic mass is 10.2. The summed E-state index contributed by atoms with van der Waals surface area (Å²) in [7, 11) is 0. The highest BCUT2D eigenvalue weighted by Gasteiger charge is 2.09. The first-order chi connectivity index (χ1) is 12.6. The molecule has 0 spiro atoms. The first kappa shape index (κ1) is 18.3. The largest absolute Gasteiger partial charge is 0.357 e. The number of hydrogen-bond acceptors (Lipinski definition) is 3. The van der Waals surface area contributed by atoms with E-state index in [1.165, 1.54) is 6.07 Å². The maximum Gasteiger partial charge on any atom is 0.172 e. The maximum atomic E-state index is 13.9. The van der Waals surface area contributed by atoms with Gasteiger partial charge in [-0.2, -0.15) is 10.2 Å². The van der Waals surface area contributed by atoms with E-state index in [1.807, 2.05) is 17.7 Å². The molecule has 0 aliphatic rings. The average molecular weight is 393 g/mol. The minimum atomic E-state index is -0.354. The number of anilines is 1. The highest BCUT2D eigenvalue weighted by molar-refractivity contribution is 7.80. The number of nitrogens with one attached hydrogen (secondary N) is 2. The van der Waals surface area contributed by atoms with Crippen LogP contribution in [0.4, 0.5) is 10.2 Å². The lowest BCUT2D eigenvalue weighted by Crippen LogP contribution is -2.29. The first-order valence-electron chi connectivity index (χ1n) is 8.08. The molecule has 136 valence electrons. The molecule has 0 aliphatic carbocycles. The molecule has 3 aromatic rings. The third-order valence-electron chi connectivity index (χ3n) is 3.80. The van der Waals surface area contributed by atoms with Crippen LogP contribution >= 0.6 is 23.8 Å². The lowest BCUT2D eigenvalue weighted by Gasteiger charge is -2.10. The van der Waals surface area contributed by atoms with Crippen molar-refractivity contribution in [2.24, 2.45) is 0 Å². The summed E-state index contributed by atoms with van der Waals surface area (Å²) in [6.45, 7) is 3.63. The molecule has 3 rings (SSSR count). The number of aromatic nitrogens is 4. The third-order valence-corrected chi connectivity index (χ3v) is 4.40. The minimum absolute atomic E-state index is 0.239. The standard InChI is InChI=1S/C17H18ClFN6S/c1-2-25-12(6-8-21-25)10-20-17(26)22-16-7-9-24(23-16)11-13-14(18)4-3-5-15(13)19/h3-9H,2,10-11H2,1H3,(H2,20,22,23,26). The summed E-state index contributed by atoms with van der Waals surface area (Å²) in [4.78, 5) is 0. The SMILES string of the molecule is CCn1nccc1CNC(=S)Nc1ccn(Cc2c(F)cccc2Cl)n1. The van der Waals surface area contributed by atoms with Gasteiger partial charge in [-0.25, -0.2) is 4.39 Å². The summed E-state index contributed by atoms with van der Waals surface area (Å²) in [5.74, 6) is 0.214. The Kier molecular flexibility index (Phi) is 5.85. The Bertz CT molecular complexity index is 886. The van der Waals surface area contributed by atoms with Crippen molar-refractivity contribution in [1.82, 2.24) is 24.9 Å². The van der Waals surface area contributed by atoms with Gasteiger partial charge in [-0.15, -0.1) is 0 Å². The fourth-order valence-corrected chi connectivity index (χ4v) is 2.89. The molecule has 0 atom stereocenters. The molecule has 0 radical (unpaired) electrons. The van der Waals surface area contributed by atoms with Gasteiger partial charge in [-0.3, -0.25) is 9.36 Å². The van der Waals surface area contributed by atoms with Crippen molar-refractivity contribution in [3.05, 3.63) is 64.8 Å². The van der Waals surface area contributed by atoms with Crippen molar-refractivity contribution in [3.8, 4) is 0 Å². The summed E-state index contributed by atoms with van der Waals surface area (Å²) in [5.41, 5.74) is 1.44. The van der Waals surface area contributed by atoms with Gasteiger partial charge in [0.05, 0.1) is 18.8 Å². The Hall–Kier alpha value is -2.45. The van der Waals surface area contributed by atoms with Crippen LogP contribution in [0, 0.1) is 5.82 Å². The van der Waals surface area contributed by atoms with Crippen LogP contribution in [0.5, 0.6) is 0 Å². The molecule has 0 aliphatic heterocycles. The molecular formula is C17H18ClFN6S. The Labute approximate surface area is 161 Å². The molecule has 0 saturated carbocycles. The Morgan fingerprint density at radius 1 is 1.31 bits per heavy atom. The molecule has 6 nitrogen and oxygen atoms in total. The van der Waals surface area contributed by atoms with Crippen molar-refractivity contribution < 1.29 is 4.39 Å². The summed E-state index contributed by atoms with van der Waals surface area (Å²) in [6, 6.07) is 8.31. The molecule has 0 unspecified atom stereocenters. The van der Waals surface area contributed by atoms with Crippen molar-refractivity contribution >= 4 is 34.7 Å². The Morgan fingerprint density at radius 2 is 2.15 bits per heavy atom. The molecule has 9 heteroatoms. The van der Waals surface area contributed by atoms with Gasteiger partial charge in [0.2, 0.25) is 0 Å². The van der Waals surface area contributed by atoms with Crippen LogP contribution in [0.3, 0.4) is 0 Å². The molecule has 0 fully saturated rings. The topological polar surface area (TPSA) is 59.7 Å². The molecule has 0 saturated heterocycles. The number of nitrogens with zero attached hydrogens (tertiary/aromatic N) is 4. The predicted molar refractivity (Wildman–Crippen MR) is 104 cm³/mol. The monoisotopic (exact) mass is 392 g/mol. The van der Waals surface area contributed by atoms with Crippen molar-refractivity contribution in [2.75, 3.05) is 5.32 Å². The van der Waals surface area contributed by atoms with E-state index >= 15 is 0 Å². The van der Waals surface area contributed by atoms with Crippen molar-refractivity contribution in [1.29, 1.82) is 0 Å². The number of rotatable bonds is 6. The van der Waals surface area contributed by atoms with Crippen LogP contribution < -0.4 is 10.6 Å². The van der Waals surface area contributed by atoms with E-state index < -0.39 is 0 Å². The van der Waals surface area contributed by atoms with Gasteiger partial charge in [0.25, 0.3) is 0 Å². The smallest absolute Gasteiger partial charge is 0.172 e. The molecule has 0 amide bonds. The minimum Gasteiger partial charge on any atom is -0.357 e. The fourth-order valence-electron chi connectivity index (χ4n) is 2.49. The van der Waals surface area contributed by atoms with Crippen LogP contribution in [0.15, 0.2) is 42.7 Å². The number of halogens is 2. The number of hydrogen-bond donors (Lipinski definition) is 2. The van der Waals surface area contributed by atoms with Gasteiger partial charge < -0.3 is 10.6 Å². The van der Waals surface area contributed by atoms with Crippen LogP contribution in [0.1, 0.15) is 18.2 Å². The zero-order valence-electron chi connectivity index (χ0n) is 14.1. The van der Waals surface area contributed by atoms with Gasteiger partial charge in [0.1, 0.15) is 5.82 Å². The second kappa shape index (κ2) is 8.29. The third kappa shape index (κ3) is 4.39. The van der Waals surface area contributed by atoms with Crippen LogP contribution in [0.2, 0.25) is 5.02 Å². The van der Waals surface area contributed by atoms with Crippen LogP contribution in [-0.2, 0) is 19.6 Å². The van der Waals surface area contributed by atoms with Crippen LogP contribution in [-0.4, -0.2) is 24.7 Å². The zero-order chi connectivity index (χ0) is 18.5. The van der Waals surface area contributed by atoms with Gasteiger partial charge in [0.15, 0.2) is 10.9 Å². The molecular weight excluding hydrogens is 375 g/mol. The highest BCUT2D eigenvalue weighted by Crippen LogP contribution is 2.20. The van der Waals surface area contributed by atoms with Gasteiger partial charge in [-0.1, -0.05) is 17.7 Å². The number of benzene rings is 1. The van der Waals surface area contributed by atoms with E-state index in [0.717, 1.165) is 12.2 Å². The Balaban J connectivity index is 1.57. The highest BCUT2D eigenvalue weighted by atomic mass is 35.5. The molecule has 26 heavy (non-hydrogen) atoms. The van der Waals surface area contributed by atoms with Gasteiger partial charge in [0, 0.05) is 35.6 Å². The molecule has 1 aromatic carbocycles. The van der Waals surface area contributed by atoms with E-state index in [0.29, 0.717) is 28.1 Å². The second-order valence-corrected chi connectivity index (χ2v) is 6.36. The number of aryl methyl sites for hydroxylation is 1. The summed E-state index contributed by atoms with van der Waals surface area (Å²) in [5, 5.41) is 15.5. The summed E-state index contributed by atoms with van der Waals surface area (Å²) >= 11 is 11.3. The van der Waals surface area contributed by atoms with Gasteiger partial charge in [-0.05, 0) is 37.3 Å². The van der Waals surface area contributed by atoms with Crippen molar-refractivity contribution in [3.63, 3.8) is 0 Å². The van der Waals surface area contributed by atoms with E-state index in [4.69, 9.17) is 23.8 Å². The summed E-state index contributed by atoms with van der Waals surface area (Å²) in [6.07, 6.45) is 3.49. The number of thiocarbonyl (C=S) groups is 1. The second-order valence-electron chi connectivity index (χ2n) is 5.54. The zero-order valence-corrected chi connectivity index (χ0v) is 15.7. The van der Waals surface area contributed by atoms with E-state index in [9.17, 15) is 4.39 Å². The summed E-state index contributed by atoms with van der Waals surface area (Å²) < 4.78 is 17.4. The quantitative estimate of drug-likeness (QED) is 0.629. The van der Waals surface area contributed by atoms with Crippen LogP contribution in [0.25, 0.3) is 0 Å². The lowest BCUT2D eigenvalue weighted by molar-refractivity contribution is 0.586. The van der Waals surface area contributed by atoms with E-state index in [1.54, 1.807) is 35.3 Å². The average Bonchev–Trinajstić information content (AvgIpc) is 3.25. The molecule has 0 bridgehead atoms. The predicted octanol–water partition coefficient (Wildman–Crippen LogP) is 3.43. The maximum absolute atomic E-state index is 13.9. The fraction of sp³-hybridized carbons (Fsp3) is 0.235. The molecule has 2 heterocycles. The molecule has 2 aromatic heterocycles.